The van der Waals surface area contributed by atoms with Crippen LogP contribution in [0.2, 0.25) is 0 Å². The Hall–Kier alpha value is -1.54. The van der Waals surface area contributed by atoms with E-state index in [0.717, 1.165) is 4.90 Å². The van der Waals surface area contributed by atoms with Crippen molar-refractivity contribution >= 4 is 11.9 Å². The maximum Gasteiger partial charge on any atom is 0.323 e. The number of carboxylic acid groups (broad SMARTS) is 1. The van der Waals surface area contributed by atoms with Crippen molar-refractivity contribution in [2.24, 2.45) is 11.7 Å². The van der Waals surface area contributed by atoms with Crippen LogP contribution in [0.3, 0.4) is 0 Å². The zero-order valence-corrected chi connectivity index (χ0v) is 9.64. The average Bonchev–Trinajstić information content (AvgIpc) is 2.14. The predicted octanol–water partition coefficient (Wildman–Crippen LogP) is -0.0938. The summed E-state index contributed by atoms with van der Waals surface area (Å²) in [6.07, 6.45) is 5.58. The Bertz CT molecular complexity index is 294. The number of amides is 1. The highest BCUT2D eigenvalue weighted by atomic mass is 16.4. The van der Waals surface area contributed by atoms with Gasteiger partial charge in [0.2, 0.25) is 5.91 Å². The van der Waals surface area contributed by atoms with Gasteiger partial charge >= 0.3 is 5.97 Å². The van der Waals surface area contributed by atoms with Crippen LogP contribution in [0.5, 0.6) is 0 Å². The third kappa shape index (κ3) is 5.37. The van der Waals surface area contributed by atoms with E-state index in [-0.39, 0.29) is 12.5 Å². The number of aliphatic carboxylic acids is 1. The molecule has 0 aliphatic heterocycles. The molecule has 1 unspecified atom stereocenters. The molecule has 5 heteroatoms. The molecule has 0 radical (unpaired) electrons. The van der Waals surface area contributed by atoms with Gasteiger partial charge in [0.05, 0.1) is 12.6 Å². The zero-order chi connectivity index (χ0) is 12.7. The summed E-state index contributed by atoms with van der Waals surface area (Å²) in [5, 5.41) is 8.62. The van der Waals surface area contributed by atoms with E-state index in [0.29, 0.717) is 6.42 Å². The molecule has 0 aliphatic carbocycles. The molecule has 0 saturated carbocycles. The molecule has 0 aromatic heterocycles. The van der Waals surface area contributed by atoms with Gasteiger partial charge in [-0.15, -0.1) is 6.42 Å². The number of hydrogen-bond acceptors (Lipinski definition) is 3. The van der Waals surface area contributed by atoms with Crippen LogP contribution >= 0.6 is 0 Å². The Morgan fingerprint density at radius 2 is 2.06 bits per heavy atom. The molecule has 0 aromatic rings. The van der Waals surface area contributed by atoms with Gasteiger partial charge in [-0.25, -0.2) is 0 Å². The average molecular weight is 226 g/mol. The predicted molar refractivity (Wildman–Crippen MR) is 60.5 cm³/mol. The topological polar surface area (TPSA) is 83.6 Å². The molecule has 0 aromatic carbocycles. The van der Waals surface area contributed by atoms with E-state index >= 15 is 0 Å². The van der Waals surface area contributed by atoms with E-state index in [1.807, 2.05) is 13.8 Å². The minimum atomic E-state index is -1.10. The van der Waals surface area contributed by atoms with E-state index in [1.165, 1.54) is 0 Å². The summed E-state index contributed by atoms with van der Waals surface area (Å²) in [5.74, 6) is 1.02. The van der Waals surface area contributed by atoms with Gasteiger partial charge in [-0.05, 0) is 12.3 Å². The molecule has 90 valence electrons. The largest absolute Gasteiger partial charge is 0.480 e. The fraction of sp³-hybridized carbons (Fsp3) is 0.636. The van der Waals surface area contributed by atoms with Crippen LogP contribution < -0.4 is 5.73 Å². The number of terminal acetylenes is 1. The first-order valence-electron chi connectivity index (χ1n) is 5.08. The Labute approximate surface area is 95.6 Å². The molecular formula is C11H18N2O3. The lowest BCUT2D eigenvalue weighted by molar-refractivity contribution is -0.144. The second kappa shape index (κ2) is 6.85. The van der Waals surface area contributed by atoms with Gasteiger partial charge in [0, 0.05) is 0 Å². The van der Waals surface area contributed by atoms with Crippen LogP contribution in [0.1, 0.15) is 20.3 Å². The number of rotatable bonds is 6. The van der Waals surface area contributed by atoms with Gasteiger partial charge in [-0.2, -0.15) is 0 Å². The normalized spacial score (nSPS) is 11.9. The molecule has 16 heavy (non-hydrogen) atoms. The SMILES string of the molecule is C#CCN(CC(=O)O)C(=O)C(N)CC(C)C. The van der Waals surface area contributed by atoms with Crippen molar-refractivity contribution in [3.8, 4) is 12.3 Å². The zero-order valence-electron chi connectivity index (χ0n) is 9.64. The van der Waals surface area contributed by atoms with Crippen LogP contribution in [-0.2, 0) is 9.59 Å². The van der Waals surface area contributed by atoms with Crippen molar-refractivity contribution in [3.05, 3.63) is 0 Å². The van der Waals surface area contributed by atoms with E-state index in [1.54, 1.807) is 0 Å². The summed E-state index contributed by atoms with van der Waals surface area (Å²) in [7, 11) is 0. The fourth-order valence-electron chi connectivity index (χ4n) is 1.33. The number of carbonyl (C=O) groups is 2. The van der Waals surface area contributed by atoms with Gasteiger partial charge in [-0.3, -0.25) is 9.59 Å². The molecule has 0 bridgehead atoms. The highest BCUT2D eigenvalue weighted by Crippen LogP contribution is 2.05. The van der Waals surface area contributed by atoms with Gasteiger partial charge in [0.1, 0.15) is 6.54 Å². The fourth-order valence-corrected chi connectivity index (χ4v) is 1.33. The summed E-state index contributed by atoms with van der Waals surface area (Å²) in [4.78, 5) is 23.4. The van der Waals surface area contributed by atoms with Crippen LogP contribution in [-0.4, -0.2) is 41.0 Å². The molecular weight excluding hydrogens is 208 g/mol. The molecule has 0 saturated heterocycles. The first-order valence-corrected chi connectivity index (χ1v) is 5.08. The third-order valence-electron chi connectivity index (χ3n) is 1.96. The van der Waals surface area contributed by atoms with Gasteiger partial charge in [0.15, 0.2) is 0 Å². The Morgan fingerprint density at radius 1 is 1.50 bits per heavy atom. The minimum absolute atomic E-state index is 0.0308. The summed E-state index contributed by atoms with van der Waals surface area (Å²) >= 11 is 0. The highest BCUT2D eigenvalue weighted by Gasteiger charge is 2.22. The van der Waals surface area contributed by atoms with E-state index < -0.39 is 24.5 Å². The van der Waals surface area contributed by atoms with Gasteiger partial charge in [0.25, 0.3) is 0 Å². The molecule has 0 spiro atoms. The molecule has 1 atom stereocenters. The molecule has 5 nitrogen and oxygen atoms in total. The molecule has 0 aliphatic rings. The first kappa shape index (κ1) is 14.5. The Balaban J connectivity index is 4.48. The van der Waals surface area contributed by atoms with Crippen molar-refractivity contribution < 1.29 is 14.7 Å². The van der Waals surface area contributed by atoms with Crippen LogP contribution in [0.25, 0.3) is 0 Å². The number of carbonyl (C=O) groups excluding carboxylic acids is 1. The second-order valence-corrected chi connectivity index (χ2v) is 4.03. The van der Waals surface area contributed by atoms with Crippen LogP contribution in [0.4, 0.5) is 0 Å². The smallest absolute Gasteiger partial charge is 0.323 e. The maximum atomic E-state index is 11.7. The van der Waals surface area contributed by atoms with Crippen molar-refractivity contribution in [2.75, 3.05) is 13.1 Å². The minimum Gasteiger partial charge on any atom is -0.480 e. The van der Waals surface area contributed by atoms with Gasteiger partial charge in [-0.1, -0.05) is 19.8 Å². The Kier molecular flexibility index (Phi) is 6.19. The lowest BCUT2D eigenvalue weighted by atomic mass is 10.0. The molecule has 0 heterocycles. The molecule has 0 rings (SSSR count). The van der Waals surface area contributed by atoms with Crippen molar-refractivity contribution in [1.29, 1.82) is 0 Å². The van der Waals surface area contributed by atoms with Crippen LogP contribution in [0, 0.1) is 18.3 Å². The maximum absolute atomic E-state index is 11.7. The molecule has 3 N–H and O–H groups in total. The summed E-state index contributed by atoms with van der Waals surface area (Å²) in [6.45, 7) is 3.44. The Morgan fingerprint density at radius 3 is 2.44 bits per heavy atom. The van der Waals surface area contributed by atoms with Crippen molar-refractivity contribution in [2.45, 2.75) is 26.3 Å². The third-order valence-corrected chi connectivity index (χ3v) is 1.96. The monoisotopic (exact) mass is 226 g/mol. The standard InChI is InChI=1S/C11H18N2O3/c1-4-5-13(7-10(14)15)11(16)9(12)6-8(2)3/h1,8-9H,5-7,12H2,2-3H3,(H,14,15). The van der Waals surface area contributed by atoms with Gasteiger partial charge < -0.3 is 15.7 Å². The van der Waals surface area contributed by atoms with Crippen molar-refractivity contribution in [1.82, 2.24) is 4.90 Å². The van der Waals surface area contributed by atoms with Crippen LogP contribution in [0.15, 0.2) is 0 Å². The van der Waals surface area contributed by atoms with E-state index in [4.69, 9.17) is 17.3 Å². The summed E-state index contributed by atoms with van der Waals surface area (Å²) in [5.41, 5.74) is 5.67. The number of nitrogens with two attached hydrogens (primary N) is 1. The first-order chi connectivity index (χ1) is 7.38. The number of nitrogens with zero attached hydrogens (tertiary/aromatic N) is 1. The lowest BCUT2D eigenvalue weighted by Crippen LogP contribution is -2.46. The second-order valence-electron chi connectivity index (χ2n) is 4.03. The molecule has 0 fully saturated rings. The molecule has 1 amide bonds. The number of hydrogen-bond donors (Lipinski definition) is 2. The van der Waals surface area contributed by atoms with Crippen molar-refractivity contribution in [3.63, 3.8) is 0 Å². The number of carboxylic acids is 1. The summed E-state index contributed by atoms with van der Waals surface area (Å²) in [6, 6.07) is -0.687. The quantitative estimate of drug-likeness (QED) is 0.620. The lowest BCUT2D eigenvalue weighted by Gasteiger charge is -2.22. The van der Waals surface area contributed by atoms with E-state index in [9.17, 15) is 9.59 Å². The summed E-state index contributed by atoms with van der Waals surface area (Å²) < 4.78 is 0. The van der Waals surface area contributed by atoms with E-state index in [2.05, 4.69) is 5.92 Å². The highest BCUT2D eigenvalue weighted by molar-refractivity contribution is 5.85.